The lowest BCUT2D eigenvalue weighted by Gasteiger charge is -2.19. The van der Waals surface area contributed by atoms with Crippen molar-refractivity contribution >= 4 is 27.4 Å². The highest BCUT2D eigenvalue weighted by Crippen LogP contribution is 2.32. The van der Waals surface area contributed by atoms with Gasteiger partial charge in [0.25, 0.3) is 15.9 Å². The molecule has 3 heterocycles. The van der Waals surface area contributed by atoms with Crippen LogP contribution in [-0.4, -0.2) is 42.3 Å². The third-order valence-corrected chi connectivity index (χ3v) is 6.56. The van der Waals surface area contributed by atoms with Crippen LogP contribution in [0.2, 0.25) is 0 Å². The van der Waals surface area contributed by atoms with Crippen molar-refractivity contribution < 1.29 is 22.7 Å². The molecule has 2 aromatic carbocycles. The molecule has 0 saturated heterocycles. The van der Waals surface area contributed by atoms with Crippen LogP contribution in [0, 0.1) is 0 Å². The first kappa shape index (κ1) is 22.4. The topological polar surface area (TPSA) is 124 Å². The molecule has 10 nitrogen and oxygen atoms in total. The van der Waals surface area contributed by atoms with Crippen LogP contribution >= 0.6 is 0 Å². The molecule has 0 atom stereocenters. The first-order valence-electron chi connectivity index (χ1n) is 10.7. The monoisotopic (exact) mass is 491 g/mol. The van der Waals surface area contributed by atoms with Crippen molar-refractivity contribution in [1.82, 2.24) is 14.8 Å². The first-order valence-corrected chi connectivity index (χ1v) is 12.2. The first-order chi connectivity index (χ1) is 17.0. The second-order valence-electron chi connectivity index (χ2n) is 7.70. The SMILES string of the molecule is O=C(Nc1ccn(Cc2ccncc2)n1)c1cccc(NS(=O)(=O)c2ccc3c(c2)OCCO3)c1. The fourth-order valence-corrected chi connectivity index (χ4v) is 4.57. The predicted molar refractivity (Wildman–Crippen MR) is 128 cm³/mol. The second kappa shape index (κ2) is 9.47. The van der Waals surface area contributed by atoms with Gasteiger partial charge in [-0.25, -0.2) is 8.42 Å². The molecule has 35 heavy (non-hydrogen) atoms. The summed E-state index contributed by atoms with van der Waals surface area (Å²) < 4.78 is 40.9. The summed E-state index contributed by atoms with van der Waals surface area (Å²) in [5.41, 5.74) is 1.55. The molecular formula is C24H21N5O5S. The van der Waals surface area contributed by atoms with Gasteiger partial charge in [-0.1, -0.05) is 6.07 Å². The maximum Gasteiger partial charge on any atom is 0.262 e. The summed E-state index contributed by atoms with van der Waals surface area (Å²) in [6.45, 7) is 1.30. The summed E-state index contributed by atoms with van der Waals surface area (Å²) in [5.74, 6) is 0.832. The summed E-state index contributed by atoms with van der Waals surface area (Å²) in [5, 5.41) is 7.09. The average molecular weight is 492 g/mol. The van der Waals surface area contributed by atoms with E-state index < -0.39 is 15.9 Å². The smallest absolute Gasteiger partial charge is 0.262 e. The Morgan fingerprint density at radius 1 is 0.971 bits per heavy atom. The predicted octanol–water partition coefficient (Wildman–Crippen LogP) is 3.15. The van der Waals surface area contributed by atoms with Crippen LogP contribution in [0.1, 0.15) is 15.9 Å². The van der Waals surface area contributed by atoms with Gasteiger partial charge in [-0.05, 0) is 48.0 Å². The summed E-state index contributed by atoms with van der Waals surface area (Å²) in [6, 6.07) is 16.1. The lowest BCUT2D eigenvalue weighted by Crippen LogP contribution is -2.18. The molecule has 0 aliphatic carbocycles. The highest BCUT2D eigenvalue weighted by Gasteiger charge is 2.20. The molecule has 178 valence electrons. The standard InChI is InChI=1S/C24H21N5O5S/c30-24(26-23-8-11-29(27-23)16-17-6-9-25-10-7-17)18-2-1-3-19(14-18)28-35(31,32)20-4-5-21-22(15-20)34-13-12-33-21/h1-11,14-15,28H,12-13,16H2,(H,26,27,30). The highest BCUT2D eigenvalue weighted by atomic mass is 32.2. The van der Waals surface area contributed by atoms with Gasteiger partial charge in [0.1, 0.15) is 13.2 Å². The van der Waals surface area contributed by atoms with E-state index in [4.69, 9.17) is 9.47 Å². The van der Waals surface area contributed by atoms with Gasteiger partial charge in [0.05, 0.1) is 11.4 Å². The molecule has 2 aromatic heterocycles. The van der Waals surface area contributed by atoms with Gasteiger partial charge < -0.3 is 14.8 Å². The van der Waals surface area contributed by atoms with Crippen LogP contribution < -0.4 is 19.5 Å². The van der Waals surface area contributed by atoms with E-state index in [9.17, 15) is 13.2 Å². The van der Waals surface area contributed by atoms with E-state index in [1.54, 1.807) is 53.6 Å². The minimum atomic E-state index is -3.91. The van der Waals surface area contributed by atoms with E-state index in [-0.39, 0.29) is 16.1 Å². The molecule has 0 saturated carbocycles. The number of carbonyl (C=O) groups is 1. The van der Waals surface area contributed by atoms with Gasteiger partial charge >= 0.3 is 0 Å². The third kappa shape index (κ3) is 5.25. The zero-order valence-corrected chi connectivity index (χ0v) is 19.2. The molecule has 11 heteroatoms. The number of hydrogen-bond donors (Lipinski definition) is 2. The number of fused-ring (bicyclic) bond motifs is 1. The fourth-order valence-electron chi connectivity index (χ4n) is 3.51. The number of nitrogens with zero attached hydrogens (tertiary/aromatic N) is 3. The van der Waals surface area contributed by atoms with Crippen molar-refractivity contribution in [2.75, 3.05) is 23.3 Å². The van der Waals surface area contributed by atoms with Gasteiger partial charge in [-0.2, -0.15) is 5.10 Å². The van der Waals surface area contributed by atoms with Crippen LogP contribution in [0.4, 0.5) is 11.5 Å². The number of carbonyl (C=O) groups excluding carboxylic acids is 1. The van der Waals surface area contributed by atoms with Crippen molar-refractivity contribution in [3.8, 4) is 11.5 Å². The number of rotatable bonds is 7. The van der Waals surface area contributed by atoms with Gasteiger partial charge in [-0.15, -0.1) is 0 Å². The number of amides is 1. The number of hydrogen-bond acceptors (Lipinski definition) is 7. The van der Waals surface area contributed by atoms with Crippen molar-refractivity contribution in [2.24, 2.45) is 0 Å². The Morgan fingerprint density at radius 3 is 2.60 bits per heavy atom. The van der Waals surface area contributed by atoms with Crippen molar-refractivity contribution in [1.29, 1.82) is 0 Å². The molecule has 4 aromatic rings. The summed E-state index contributed by atoms with van der Waals surface area (Å²) in [7, 11) is -3.91. The molecule has 2 N–H and O–H groups in total. The number of pyridine rings is 1. The van der Waals surface area contributed by atoms with E-state index >= 15 is 0 Å². The Balaban J connectivity index is 1.27. The van der Waals surface area contributed by atoms with Crippen LogP contribution in [0.15, 0.2) is 84.1 Å². The lowest BCUT2D eigenvalue weighted by atomic mass is 10.2. The Hall–Kier alpha value is -4.38. The van der Waals surface area contributed by atoms with Crippen molar-refractivity contribution in [3.63, 3.8) is 0 Å². The quantitative estimate of drug-likeness (QED) is 0.407. The number of sulfonamides is 1. The average Bonchev–Trinajstić information content (AvgIpc) is 3.30. The number of anilines is 2. The van der Waals surface area contributed by atoms with Gasteiger partial charge in [0.2, 0.25) is 0 Å². The highest BCUT2D eigenvalue weighted by molar-refractivity contribution is 7.92. The largest absolute Gasteiger partial charge is 0.486 e. The number of nitrogens with one attached hydrogen (secondary N) is 2. The van der Waals surface area contributed by atoms with Crippen LogP contribution in [0.25, 0.3) is 0 Å². The van der Waals surface area contributed by atoms with E-state index in [0.29, 0.717) is 37.1 Å². The Kier molecular flexibility index (Phi) is 6.06. The van der Waals surface area contributed by atoms with E-state index in [1.807, 2.05) is 12.1 Å². The van der Waals surface area contributed by atoms with Crippen LogP contribution in [-0.2, 0) is 16.6 Å². The minimum absolute atomic E-state index is 0.0244. The van der Waals surface area contributed by atoms with Gasteiger partial charge in [0.15, 0.2) is 17.3 Å². The Morgan fingerprint density at radius 2 is 1.77 bits per heavy atom. The molecule has 0 unspecified atom stereocenters. The maximum absolute atomic E-state index is 12.9. The molecule has 0 bridgehead atoms. The molecule has 0 spiro atoms. The molecule has 0 radical (unpaired) electrons. The normalized spacial score (nSPS) is 12.7. The molecule has 5 rings (SSSR count). The summed E-state index contributed by atoms with van der Waals surface area (Å²) in [4.78, 5) is 16.8. The second-order valence-corrected chi connectivity index (χ2v) is 9.38. The molecule has 1 aliphatic rings. The molecular weight excluding hydrogens is 470 g/mol. The van der Waals surface area contributed by atoms with E-state index in [0.717, 1.165) is 5.56 Å². The fraction of sp³-hybridized carbons (Fsp3) is 0.125. The summed E-state index contributed by atoms with van der Waals surface area (Å²) in [6.07, 6.45) is 5.17. The van der Waals surface area contributed by atoms with Gasteiger partial charge in [-0.3, -0.25) is 19.2 Å². The Labute approximate surface area is 201 Å². The van der Waals surface area contributed by atoms with E-state index in [2.05, 4.69) is 20.1 Å². The van der Waals surface area contributed by atoms with Gasteiger partial charge in [0, 0.05) is 42.0 Å². The number of benzene rings is 2. The molecule has 1 amide bonds. The van der Waals surface area contributed by atoms with Crippen LogP contribution in [0.5, 0.6) is 11.5 Å². The summed E-state index contributed by atoms with van der Waals surface area (Å²) >= 11 is 0. The Bertz CT molecular complexity index is 1470. The molecule has 0 fully saturated rings. The zero-order chi connectivity index (χ0) is 24.3. The third-order valence-electron chi connectivity index (χ3n) is 5.18. The molecule has 1 aliphatic heterocycles. The lowest BCUT2D eigenvalue weighted by molar-refractivity contribution is 0.102. The minimum Gasteiger partial charge on any atom is -0.486 e. The van der Waals surface area contributed by atoms with E-state index in [1.165, 1.54) is 18.2 Å². The van der Waals surface area contributed by atoms with Crippen molar-refractivity contribution in [3.05, 3.63) is 90.4 Å². The number of aromatic nitrogens is 3. The van der Waals surface area contributed by atoms with Crippen LogP contribution in [0.3, 0.4) is 0 Å². The maximum atomic E-state index is 12.9. The zero-order valence-electron chi connectivity index (χ0n) is 18.4. The van der Waals surface area contributed by atoms with Crippen molar-refractivity contribution in [2.45, 2.75) is 11.4 Å². The number of ether oxygens (including phenoxy) is 2.